The fourth-order valence-corrected chi connectivity index (χ4v) is 2.25. The number of oxazole rings is 1. The van der Waals surface area contributed by atoms with Gasteiger partial charge < -0.3 is 14.9 Å². The zero-order valence-electron chi connectivity index (χ0n) is 12.7. The Morgan fingerprint density at radius 3 is 2.52 bits per heavy atom. The average molecular weight is 308 g/mol. The molecule has 0 amide bonds. The Kier molecular flexibility index (Phi) is 4.10. The topological polar surface area (TPSA) is 78.3 Å². The van der Waals surface area contributed by atoms with Gasteiger partial charge in [-0.3, -0.25) is 0 Å². The van der Waals surface area contributed by atoms with Crippen LogP contribution in [0.4, 0.5) is 5.69 Å². The van der Waals surface area contributed by atoms with Crippen molar-refractivity contribution in [1.82, 2.24) is 4.98 Å². The maximum Gasteiger partial charge on any atom is 0.361 e. The van der Waals surface area contributed by atoms with Gasteiger partial charge in [0.05, 0.1) is 6.61 Å². The first kappa shape index (κ1) is 14.8. The van der Waals surface area contributed by atoms with E-state index < -0.39 is 5.97 Å². The Bertz CT molecular complexity index is 825. The van der Waals surface area contributed by atoms with Gasteiger partial charge in [0.25, 0.3) is 0 Å². The highest BCUT2D eigenvalue weighted by Crippen LogP contribution is 2.33. The number of nitrogens with two attached hydrogens (primary N) is 1. The second-order valence-electron chi connectivity index (χ2n) is 4.87. The van der Waals surface area contributed by atoms with E-state index in [2.05, 4.69) is 4.98 Å². The molecule has 0 fully saturated rings. The molecule has 2 aromatic carbocycles. The molecule has 116 valence electrons. The van der Waals surface area contributed by atoms with Crippen LogP contribution in [-0.4, -0.2) is 17.6 Å². The molecule has 0 aliphatic carbocycles. The van der Waals surface area contributed by atoms with Crippen LogP contribution >= 0.6 is 0 Å². The van der Waals surface area contributed by atoms with Crippen molar-refractivity contribution >= 4 is 11.7 Å². The van der Waals surface area contributed by atoms with Crippen molar-refractivity contribution in [2.45, 2.75) is 6.92 Å². The van der Waals surface area contributed by atoms with Crippen molar-refractivity contribution in [2.24, 2.45) is 0 Å². The van der Waals surface area contributed by atoms with Crippen molar-refractivity contribution < 1.29 is 13.9 Å². The lowest BCUT2D eigenvalue weighted by atomic mass is 10.1. The van der Waals surface area contributed by atoms with Crippen LogP contribution in [0.15, 0.2) is 59.0 Å². The largest absolute Gasteiger partial charge is 0.461 e. The molecule has 0 saturated heterocycles. The summed E-state index contributed by atoms with van der Waals surface area (Å²) in [7, 11) is 0. The number of carbonyl (C=O) groups is 1. The van der Waals surface area contributed by atoms with Gasteiger partial charge in [-0.2, -0.15) is 0 Å². The van der Waals surface area contributed by atoms with E-state index in [1.165, 1.54) is 0 Å². The van der Waals surface area contributed by atoms with Gasteiger partial charge in [0, 0.05) is 16.8 Å². The van der Waals surface area contributed by atoms with Crippen LogP contribution < -0.4 is 5.73 Å². The molecule has 0 radical (unpaired) electrons. The van der Waals surface area contributed by atoms with Crippen LogP contribution in [0, 0.1) is 0 Å². The molecule has 2 N–H and O–H groups in total. The Hall–Kier alpha value is -3.08. The monoisotopic (exact) mass is 308 g/mol. The molecule has 0 bridgehead atoms. The van der Waals surface area contributed by atoms with Gasteiger partial charge >= 0.3 is 5.97 Å². The molecule has 0 spiro atoms. The zero-order valence-corrected chi connectivity index (χ0v) is 12.7. The molecule has 0 aliphatic heterocycles. The molecule has 0 saturated carbocycles. The third-order valence-corrected chi connectivity index (χ3v) is 3.32. The maximum absolute atomic E-state index is 12.2. The number of ether oxygens (including phenoxy) is 1. The number of hydrogen-bond donors (Lipinski definition) is 1. The van der Waals surface area contributed by atoms with Crippen LogP contribution in [0.1, 0.15) is 17.4 Å². The maximum atomic E-state index is 12.2. The summed E-state index contributed by atoms with van der Waals surface area (Å²) in [6, 6.07) is 16.5. The lowest BCUT2D eigenvalue weighted by Gasteiger charge is -2.04. The van der Waals surface area contributed by atoms with E-state index in [1.54, 1.807) is 19.1 Å². The highest BCUT2D eigenvalue weighted by molar-refractivity contribution is 5.96. The molecule has 1 aromatic heterocycles. The smallest absolute Gasteiger partial charge is 0.361 e. The standard InChI is InChI=1S/C18H16N2O3/c1-2-22-18(21)15-16(13-10-6-7-11-14(13)19)23-17(20-15)12-8-4-3-5-9-12/h3-11H,2,19H2,1H3. The van der Waals surface area contributed by atoms with Gasteiger partial charge in [0.1, 0.15) is 0 Å². The summed E-state index contributed by atoms with van der Waals surface area (Å²) < 4.78 is 10.9. The predicted octanol–water partition coefficient (Wildman–Crippen LogP) is 3.77. The average Bonchev–Trinajstić information content (AvgIpc) is 3.01. The Balaban J connectivity index is 2.15. The van der Waals surface area contributed by atoms with Crippen molar-refractivity contribution in [2.75, 3.05) is 12.3 Å². The highest BCUT2D eigenvalue weighted by Gasteiger charge is 2.24. The van der Waals surface area contributed by atoms with E-state index in [1.807, 2.05) is 42.5 Å². The Morgan fingerprint density at radius 1 is 1.13 bits per heavy atom. The summed E-state index contributed by atoms with van der Waals surface area (Å²) in [5.74, 6) is 0.143. The van der Waals surface area contributed by atoms with Gasteiger partial charge in [0.2, 0.25) is 5.89 Å². The quantitative estimate of drug-likeness (QED) is 0.586. The molecule has 23 heavy (non-hydrogen) atoms. The number of rotatable bonds is 4. The summed E-state index contributed by atoms with van der Waals surface area (Å²) in [4.78, 5) is 16.5. The van der Waals surface area contributed by atoms with Crippen LogP contribution in [0.2, 0.25) is 0 Å². The molecule has 0 unspecified atom stereocenters. The van der Waals surface area contributed by atoms with Gasteiger partial charge in [-0.05, 0) is 31.2 Å². The molecule has 3 aromatic rings. The normalized spacial score (nSPS) is 10.5. The van der Waals surface area contributed by atoms with E-state index in [0.717, 1.165) is 5.56 Å². The van der Waals surface area contributed by atoms with E-state index in [-0.39, 0.29) is 12.3 Å². The molecule has 0 atom stereocenters. The first-order valence-electron chi connectivity index (χ1n) is 7.29. The number of aromatic nitrogens is 1. The van der Waals surface area contributed by atoms with Crippen LogP contribution in [0.25, 0.3) is 22.8 Å². The predicted molar refractivity (Wildman–Crippen MR) is 87.7 cm³/mol. The Labute approximate surface area is 133 Å². The van der Waals surface area contributed by atoms with Crippen molar-refractivity contribution in [1.29, 1.82) is 0 Å². The number of nitrogens with zero attached hydrogens (tertiary/aromatic N) is 1. The van der Waals surface area contributed by atoms with Crippen LogP contribution in [0.3, 0.4) is 0 Å². The molecule has 5 nitrogen and oxygen atoms in total. The first-order chi connectivity index (χ1) is 11.2. The lowest BCUT2D eigenvalue weighted by Crippen LogP contribution is -2.07. The van der Waals surface area contributed by atoms with Crippen molar-refractivity contribution in [3.8, 4) is 22.8 Å². The number of benzene rings is 2. The van der Waals surface area contributed by atoms with Gasteiger partial charge in [0.15, 0.2) is 11.5 Å². The summed E-state index contributed by atoms with van der Waals surface area (Å²) >= 11 is 0. The summed E-state index contributed by atoms with van der Waals surface area (Å²) in [6.45, 7) is 2.00. The van der Waals surface area contributed by atoms with Crippen LogP contribution in [0.5, 0.6) is 0 Å². The van der Waals surface area contributed by atoms with E-state index in [9.17, 15) is 4.79 Å². The van der Waals surface area contributed by atoms with E-state index in [4.69, 9.17) is 14.9 Å². The summed E-state index contributed by atoms with van der Waals surface area (Å²) in [5.41, 5.74) is 8.03. The molecular formula is C18H16N2O3. The first-order valence-corrected chi connectivity index (χ1v) is 7.29. The number of nitrogen functional groups attached to an aromatic ring is 1. The van der Waals surface area contributed by atoms with E-state index in [0.29, 0.717) is 22.9 Å². The zero-order chi connectivity index (χ0) is 16.2. The third-order valence-electron chi connectivity index (χ3n) is 3.32. The number of para-hydroxylation sites is 1. The number of esters is 1. The SMILES string of the molecule is CCOC(=O)c1nc(-c2ccccc2)oc1-c1ccccc1N. The summed E-state index contributed by atoms with van der Waals surface area (Å²) in [6.07, 6.45) is 0. The van der Waals surface area contributed by atoms with Crippen LogP contribution in [-0.2, 0) is 4.74 Å². The van der Waals surface area contributed by atoms with E-state index >= 15 is 0 Å². The molecule has 5 heteroatoms. The number of anilines is 1. The summed E-state index contributed by atoms with van der Waals surface area (Å²) in [5, 5.41) is 0. The lowest BCUT2D eigenvalue weighted by molar-refractivity contribution is 0.0520. The minimum Gasteiger partial charge on any atom is -0.461 e. The van der Waals surface area contributed by atoms with Gasteiger partial charge in [-0.15, -0.1) is 0 Å². The second-order valence-corrected chi connectivity index (χ2v) is 4.87. The van der Waals surface area contributed by atoms with Gasteiger partial charge in [-0.25, -0.2) is 9.78 Å². The van der Waals surface area contributed by atoms with Crippen molar-refractivity contribution in [3.63, 3.8) is 0 Å². The van der Waals surface area contributed by atoms with Gasteiger partial charge in [-0.1, -0.05) is 30.3 Å². The minimum absolute atomic E-state index is 0.128. The second kappa shape index (κ2) is 6.36. The number of carbonyl (C=O) groups excluding carboxylic acids is 1. The van der Waals surface area contributed by atoms with Crippen molar-refractivity contribution in [3.05, 3.63) is 60.3 Å². The minimum atomic E-state index is -0.531. The molecule has 1 heterocycles. The fourth-order valence-electron chi connectivity index (χ4n) is 2.25. The molecular weight excluding hydrogens is 292 g/mol. The molecule has 0 aliphatic rings. The highest BCUT2D eigenvalue weighted by atomic mass is 16.5. The Morgan fingerprint density at radius 2 is 1.83 bits per heavy atom. The molecule has 3 rings (SSSR count). The third kappa shape index (κ3) is 2.94. The fraction of sp³-hybridized carbons (Fsp3) is 0.111. The number of hydrogen-bond acceptors (Lipinski definition) is 5.